The molecule has 0 aliphatic rings. The fourth-order valence-corrected chi connectivity index (χ4v) is 1.56. The number of hydrogen-bond donors (Lipinski definition) is 1. The normalized spacial score (nSPS) is 13.1. The molecule has 5 nitrogen and oxygen atoms in total. The first-order valence-electron chi connectivity index (χ1n) is 4.01. The molecule has 1 rings (SSSR count). The number of nitrogens with zero attached hydrogens (tertiary/aromatic N) is 3. The largest absolute Gasteiger partial charge is 0.388 e. The van der Waals surface area contributed by atoms with E-state index in [9.17, 15) is 4.21 Å². The molecule has 0 fully saturated rings. The summed E-state index contributed by atoms with van der Waals surface area (Å²) >= 11 is 0. The van der Waals surface area contributed by atoms with Crippen molar-refractivity contribution in [2.45, 2.75) is 19.6 Å². The minimum absolute atomic E-state index is 0.102. The maximum absolute atomic E-state index is 10.7. The molecule has 13 heavy (non-hydrogen) atoms. The van der Waals surface area contributed by atoms with Crippen LogP contribution in [0.1, 0.15) is 12.2 Å². The van der Waals surface area contributed by atoms with E-state index in [1.807, 2.05) is 0 Å². The van der Waals surface area contributed by atoms with Crippen molar-refractivity contribution in [3.05, 3.63) is 12.2 Å². The van der Waals surface area contributed by atoms with Gasteiger partial charge in [0.2, 0.25) is 0 Å². The third-order valence-electron chi connectivity index (χ3n) is 1.67. The van der Waals surface area contributed by atoms with Crippen LogP contribution in [0.3, 0.4) is 0 Å². The van der Waals surface area contributed by atoms with Crippen molar-refractivity contribution < 1.29 is 9.32 Å². The van der Waals surface area contributed by atoms with E-state index in [-0.39, 0.29) is 6.61 Å². The van der Waals surface area contributed by atoms with Crippen molar-refractivity contribution in [3.63, 3.8) is 0 Å². The lowest BCUT2D eigenvalue weighted by Crippen LogP contribution is -2.06. The van der Waals surface area contributed by atoms with Crippen LogP contribution in [0.5, 0.6) is 0 Å². The first-order valence-corrected chi connectivity index (χ1v) is 5.74. The van der Waals surface area contributed by atoms with Crippen molar-refractivity contribution in [2.24, 2.45) is 0 Å². The van der Waals surface area contributed by atoms with Crippen LogP contribution in [0, 0.1) is 0 Å². The number of aliphatic hydroxyl groups is 1. The monoisotopic (exact) mass is 203 g/mol. The van der Waals surface area contributed by atoms with E-state index in [4.69, 9.17) is 5.11 Å². The van der Waals surface area contributed by atoms with E-state index in [1.54, 1.807) is 17.2 Å². The zero-order chi connectivity index (χ0) is 9.68. The Balaban J connectivity index is 2.40. The van der Waals surface area contributed by atoms with Crippen LogP contribution in [0.4, 0.5) is 0 Å². The average Bonchev–Trinajstić information content (AvgIpc) is 2.51. The second kappa shape index (κ2) is 5.08. The fourth-order valence-electron chi connectivity index (χ4n) is 1.03. The Bertz CT molecular complexity index is 287. The molecule has 0 bridgehead atoms. The molecule has 0 radical (unpaired) electrons. The zero-order valence-corrected chi connectivity index (χ0v) is 8.33. The molecule has 1 N–H and O–H groups in total. The molecule has 1 heterocycles. The summed E-state index contributed by atoms with van der Waals surface area (Å²) in [5, 5.41) is 16.2. The molecule has 0 saturated heterocycles. The topological polar surface area (TPSA) is 68.0 Å². The summed E-state index contributed by atoms with van der Waals surface area (Å²) in [6, 6.07) is 0. The molecule has 0 saturated carbocycles. The molecule has 0 aliphatic heterocycles. The van der Waals surface area contributed by atoms with E-state index in [2.05, 4.69) is 10.2 Å². The summed E-state index contributed by atoms with van der Waals surface area (Å²) in [6.45, 7) is 0.609. The highest BCUT2D eigenvalue weighted by molar-refractivity contribution is 7.84. The van der Waals surface area contributed by atoms with Gasteiger partial charge in [0, 0.05) is 29.4 Å². The summed E-state index contributed by atoms with van der Waals surface area (Å²) in [7, 11) is -0.752. The lowest BCUT2D eigenvalue weighted by Gasteiger charge is -2.02. The SMILES string of the molecule is CS(=O)CCCn1cnnc1CO. The van der Waals surface area contributed by atoms with Gasteiger partial charge in [-0.2, -0.15) is 0 Å². The maximum Gasteiger partial charge on any atom is 0.158 e. The highest BCUT2D eigenvalue weighted by atomic mass is 32.2. The van der Waals surface area contributed by atoms with E-state index in [1.165, 1.54) is 0 Å². The summed E-state index contributed by atoms with van der Waals surface area (Å²) in [6.07, 6.45) is 4.07. The van der Waals surface area contributed by atoms with E-state index in [0.29, 0.717) is 18.1 Å². The number of aryl methyl sites for hydroxylation is 1. The molecule has 1 aromatic rings. The smallest absolute Gasteiger partial charge is 0.158 e. The minimum Gasteiger partial charge on any atom is -0.388 e. The predicted molar refractivity (Wildman–Crippen MR) is 49.5 cm³/mol. The van der Waals surface area contributed by atoms with Gasteiger partial charge in [0.05, 0.1) is 0 Å². The van der Waals surface area contributed by atoms with Crippen LogP contribution in [-0.4, -0.2) is 36.1 Å². The first kappa shape index (κ1) is 10.3. The fraction of sp³-hybridized carbons (Fsp3) is 0.714. The van der Waals surface area contributed by atoms with Crippen LogP contribution < -0.4 is 0 Å². The van der Waals surface area contributed by atoms with Crippen LogP contribution in [0.2, 0.25) is 0 Å². The Morgan fingerprint density at radius 3 is 3.08 bits per heavy atom. The van der Waals surface area contributed by atoms with Gasteiger partial charge >= 0.3 is 0 Å². The Kier molecular flexibility index (Phi) is 4.04. The Morgan fingerprint density at radius 2 is 2.46 bits per heavy atom. The zero-order valence-electron chi connectivity index (χ0n) is 7.51. The van der Waals surface area contributed by atoms with Gasteiger partial charge in [0.15, 0.2) is 5.82 Å². The number of aromatic nitrogens is 3. The lowest BCUT2D eigenvalue weighted by atomic mass is 10.4. The van der Waals surface area contributed by atoms with E-state index in [0.717, 1.165) is 6.42 Å². The predicted octanol–water partition coefficient (Wildman–Crippen LogP) is -0.461. The van der Waals surface area contributed by atoms with Gasteiger partial charge in [0.25, 0.3) is 0 Å². The molecule has 1 aromatic heterocycles. The van der Waals surface area contributed by atoms with E-state index < -0.39 is 10.8 Å². The average molecular weight is 203 g/mol. The molecule has 0 spiro atoms. The van der Waals surface area contributed by atoms with Gasteiger partial charge in [-0.25, -0.2) is 0 Å². The van der Waals surface area contributed by atoms with Gasteiger partial charge in [-0.3, -0.25) is 4.21 Å². The summed E-state index contributed by atoms with van der Waals surface area (Å²) < 4.78 is 12.5. The molecule has 74 valence electrons. The van der Waals surface area contributed by atoms with Crippen LogP contribution in [-0.2, 0) is 24.0 Å². The summed E-state index contributed by atoms with van der Waals surface area (Å²) in [5.74, 6) is 1.23. The standard InChI is InChI=1S/C7H13N3O2S/c1-13(12)4-2-3-10-6-8-9-7(10)5-11/h6,11H,2-5H2,1H3. The molecule has 0 aromatic carbocycles. The van der Waals surface area contributed by atoms with Crippen molar-refractivity contribution >= 4 is 10.8 Å². The van der Waals surface area contributed by atoms with Gasteiger partial charge in [-0.15, -0.1) is 10.2 Å². The molecule has 1 atom stereocenters. The van der Waals surface area contributed by atoms with Gasteiger partial charge < -0.3 is 9.67 Å². The Hall–Kier alpha value is -0.750. The Labute approximate surface area is 79.3 Å². The van der Waals surface area contributed by atoms with Gasteiger partial charge in [0.1, 0.15) is 12.9 Å². The van der Waals surface area contributed by atoms with Crippen molar-refractivity contribution in [1.82, 2.24) is 14.8 Å². The van der Waals surface area contributed by atoms with Crippen molar-refractivity contribution in [1.29, 1.82) is 0 Å². The number of hydrogen-bond acceptors (Lipinski definition) is 4. The maximum atomic E-state index is 10.7. The van der Waals surface area contributed by atoms with Gasteiger partial charge in [-0.05, 0) is 6.42 Å². The van der Waals surface area contributed by atoms with Crippen LogP contribution in [0.25, 0.3) is 0 Å². The highest BCUT2D eigenvalue weighted by Crippen LogP contribution is 1.97. The summed E-state index contributed by atoms with van der Waals surface area (Å²) in [5.41, 5.74) is 0. The number of aliphatic hydroxyl groups excluding tert-OH is 1. The lowest BCUT2D eigenvalue weighted by molar-refractivity contribution is 0.264. The highest BCUT2D eigenvalue weighted by Gasteiger charge is 2.01. The van der Waals surface area contributed by atoms with Gasteiger partial charge in [-0.1, -0.05) is 0 Å². The molecular formula is C7H13N3O2S. The second-order valence-corrected chi connectivity index (χ2v) is 4.28. The molecule has 0 aliphatic carbocycles. The third kappa shape index (κ3) is 3.23. The molecule has 1 unspecified atom stereocenters. The third-order valence-corrected chi connectivity index (χ3v) is 2.53. The minimum atomic E-state index is -0.752. The van der Waals surface area contributed by atoms with Crippen LogP contribution in [0.15, 0.2) is 6.33 Å². The van der Waals surface area contributed by atoms with Crippen molar-refractivity contribution in [2.75, 3.05) is 12.0 Å². The quantitative estimate of drug-likeness (QED) is 0.703. The molecule has 6 heteroatoms. The number of rotatable bonds is 5. The molecule has 0 amide bonds. The second-order valence-electron chi connectivity index (χ2n) is 2.73. The summed E-state index contributed by atoms with van der Waals surface area (Å²) in [4.78, 5) is 0. The first-order chi connectivity index (χ1) is 6.24. The van der Waals surface area contributed by atoms with Crippen LogP contribution >= 0.6 is 0 Å². The van der Waals surface area contributed by atoms with Crippen molar-refractivity contribution in [3.8, 4) is 0 Å². The van der Waals surface area contributed by atoms with E-state index >= 15 is 0 Å². The molecular weight excluding hydrogens is 190 g/mol. The Morgan fingerprint density at radius 1 is 1.69 bits per heavy atom.